The third-order valence-electron chi connectivity index (χ3n) is 5.10. The molecule has 0 bridgehead atoms. The minimum Gasteiger partial charge on any atom is -0.496 e. The van der Waals surface area contributed by atoms with Crippen molar-refractivity contribution in [2.24, 2.45) is 7.05 Å². The maximum Gasteiger partial charge on any atom is 0.221 e. The van der Waals surface area contributed by atoms with Gasteiger partial charge in [0.05, 0.1) is 13.7 Å². The van der Waals surface area contributed by atoms with Gasteiger partial charge in [-0.25, -0.2) is 4.98 Å². The molecule has 2 aromatic carbocycles. The number of imidazole rings is 1. The third-order valence-corrected chi connectivity index (χ3v) is 5.10. The van der Waals surface area contributed by atoms with E-state index in [0.717, 1.165) is 17.7 Å². The normalized spacial score (nSPS) is 11.6. The van der Waals surface area contributed by atoms with Crippen LogP contribution in [-0.2, 0) is 11.8 Å². The molecule has 7 heteroatoms. The molecule has 0 saturated heterocycles. The summed E-state index contributed by atoms with van der Waals surface area (Å²) in [5, 5.41) is 3.02. The number of nitrogens with zero attached hydrogens (tertiary/aromatic N) is 2. The Morgan fingerprint density at radius 3 is 2.50 bits per heavy atom. The Hall–Kier alpha value is -3.61. The predicted octanol–water partition coefficient (Wildman–Crippen LogP) is 4.09. The molecule has 0 radical (unpaired) electrons. The summed E-state index contributed by atoms with van der Waals surface area (Å²) in [7, 11) is 3.46. The number of aromatic nitrogens is 2. The quantitative estimate of drug-likeness (QED) is 0.459. The van der Waals surface area contributed by atoms with Gasteiger partial charge in [-0.05, 0) is 36.8 Å². The highest BCUT2D eigenvalue weighted by atomic mass is 16.5. The van der Waals surface area contributed by atoms with E-state index < -0.39 is 6.04 Å². The molecule has 0 spiro atoms. The average Bonchev–Trinajstić information content (AvgIpc) is 3.25. The highest BCUT2D eigenvalue weighted by Crippen LogP contribution is 2.29. The lowest BCUT2D eigenvalue weighted by atomic mass is 10.0. The monoisotopic (exact) mass is 435 g/mol. The molecule has 0 fully saturated rings. The van der Waals surface area contributed by atoms with E-state index in [1.54, 1.807) is 37.6 Å². The number of aryl methyl sites for hydroxylation is 1. The highest BCUT2D eigenvalue weighted by molar-refractivity contribution is 5.98. The number of amides is 1. The van der Waals surface area contributed by atoms with E-state index in [9.17, 15) is 9.59 Å². The number of nitrogens with one attached hydrogen (secondary N) is 1. The first-order valence-electron chi connectivity index (χ1n) is 10.7. The number of ether oxygens (including phenoxy) is 2. The average molecular weight is 436 g/mol. The van der Waals surface area contributed by atoms with Gasteiger partial charge in [0.25, 0.3) is 0 Å². The number of carbonyl (C=O) groups is 2. The van der Waals surface area contributed by atoms with Crippen LogP contribution in [-0.4, -0.2) is 35.0 Å². The van der Waals surface area contributed by atoms with Gasteiger partial charge in [-0.1, -0.05) is 25.1 Å². The molecule has 1 amide bonds. The van der Waals surface area contributed by atoms with Crippen LogP contribution in [0.4, 0.5) is 0 Å². The Kier molecular flexibility index (Phi) is 8.02. The van der Waals surface area contributed by atoms with Crippen molar-refractivity contribution < 1.29 is 19.1 Å². The maximum absolute atomic E-state index is 12.8. The summed E-state index contributed by atoms with van der Waals surface area (Å²) in [5.41, 5.74) is 1.36. The number of hydrogen-bond acceptors (Lipinski definition) is 5. The first-order valence-corrected chi connectivity index (χ1v) is 10.7. The number of para-hydroxylation sites is 1. The van der Waals surface area contributed by atoms with Gasteiger partial charge >= 0.3 is 0 Å². The molecule has 0 aliphatic heterocycles. The van der Waals surface area contributed by atoms with E-state index in [-0.39, 0.29) is 24.5 Å². The molecule has 168 valence electrons. The smallest absolute Gasteiger partial charge is 0.221 e. The van der Waals surface area contributed by atoms with Crippen molar-refractivity contribution in [3.63, 3.8) is 0 Å². The van der Waals surface area contributed by atoms with E-state index in [0.29, 0.717) is 23.7 Å². The summed E-state index contributed by atoms with van der Waals surface area (Å²) in [4.78, 5) is 29.7. The molecule has 3 rings (SSSR count). The Morgan fingerprint density at radius 1 is 1.09 bits per heavy atom. The van der Waals surface area contributed by atoms with Crippen molar-refractivity contribution in [3.8, 4) is 11.5 Å². The van der Waals surface area contributed by atoms with Crippen molar-refractivity contribution in [3.05, 3.63) is 77.9 Å². The number of ketones is 1. The topological polar surface area (TPSA) is 82.5 Å². The summed E-state index contributed by atoms with van der Waals surface area (Å²) in [6.07, 6.45) is 4.61. The number of benzene rings is 2. The zero-order chi connectivity index (χ0) is 22.9. The second kappa shape index (κ2) is 11.1. The summed E-state index contributed by atoms with van der Waals surface area (Å²) < 4.78 is 12.9. The van der Waals surface area contributed by atoms with E-state index in [1.165, 1.54) is 0 Å². The molecule has 1 N–H and O–H groups in total. The lowest BCUT2D eigenvalue weighted by Gasteiger charge is -2.21. The number of hydrogen-bond donors (Lipinski definition) is 1. The largest absolute Gasteiger partial charge is 0.496 e. The molecule has 1 heterocycles. The second-order valence-electron chi connectivity index (χ2n) is 7.43. The van der Waals surface area contributed by atoms with Crippen LogP contribution in [0.1, 0.15) is 54.0 Å². The van der Waals surface area contributed by atoms with E-state index in [1.807, 2.05) is 49.0 Å². The SMILES string of the molecule is CCCOc1ccc(C(=O)CCC(=O)NC(c2ccccc2OC)c2nccn2C)cc1. The summed E-state index contributed by atoms with van der Waals surface area (Å²) >= 11 is 0. The minimum atomic E-state index is -0.497. The molecule has 32 heavy (non-hydrogen) atoms. The van der Waals surface area contributed by atoms with Gasteiger partial charge in [-0.2, -0.15) is 0 Å². The van der Waals surface area contributed by atoms with Crippen LogP contribution in [0.15, 0.2) is 60.9 Å². The summed E-state index contributed by atoms with van der Waals surface area (Å²) in [5.74, 6) is 1.74. The zero-order valence-corrected chi connectivity index (χ0v) is 18.7. The Morgan fingerprint density at radius 2 is 1.84 bits per heavy atom. The molecule has 0 aliphatic carbocycles. The van der Waals surface area contributed by atoms with Crippen molar-refractivity contribution >= 4 is 11.7 Å². The van der Waals surface area contributed by atoms with Crippen LogP contribution in [0, 0.1) is 0 Å². The fourth-order valence-electron chi connectivity index (χ4n) is 3.40. The second-order valence-corrected chi connectivity index (χ2v) is 7.43. The standard InChI is InChI=1S/C25H29N3O4/c1-4-17-32-19-11-9-18(10-12-19)21(29)13-14-23(30)27-24(25-26-15-16-28(25)2)20-7-5-6-8-22(20)31-3/h5-12,15-16,24H,4,13-14,17H2,1-3H3,(H,27,30). The molecular weight excluding hydrogens is 406 g/mol. The maximum atomic E-state index is 12.8. The molecule has 0 saturated carbocycles. The fourth-order valence-corrected chi connectivity index (χ4v) is 3.40. The molecule has 7 nitrogen and oxygen atoms in total. The fraction of sp³-hybridized carbons (Fsp3) is 0.320. The van der Waals surface area contributed by atoms with Crippen LogP contribution in [0.5, 0.6) is 11.5 Å². The van der Waals surface area contributed by atoms with Crippen molar-refractivity contribution in [2.45, 2.75) is 32.2 Å². The minimum absolute atomic E-state index is 0.0724. The number of Topliss-reactive ketones (excluding diaryl/α,β-unsaturated/α-hetero) is 1. The number of methoxy groups -OCH3 is 1. The van der Waals surface area contributed by atoms with Gasteiger partial charge in [0.15, 0.2) is 5.78 Å². The molecule has 1 atom stereocenters. The molecular formula is C25H29N3O4. The molecule has 1 aromatic heterocycles. The molecule has 1 unspecified atom stereocenters. The Balaban J connectivity index is 1.67. The van der Waals surface area contributed by atoms with E-state index in [4.69, 9.17) is 9.47 Å². The van der Waals surface area contributed by atoms with E-state index in [2.05, 4.69) is 10.3 Å². The van der Waals surface area contributed by atoms with Gasteiger partial charge in [0, 0.05) is 43.4 Å². The Labute approximate surface area is 188 Å². The first kappa shape index (κ1) is 23.1. The lowest BCUT2D eigenvalue weighted by molar-refractivity contribution is -0.121. The van der Waals surface area contributed by atoms with Gasteiger partial charge < -0.3 is 19.4 Å². The predicted molar refractivity (Wildman–Crippen MR) is 122 cm³/mol. The van der Waals surface area contributed by atoms with Gasteiger partial charge in [0.2, 0.25) is 5.91 Å². The van der Waals surface area contributed by atoms with Gasteiger partial charge in [0.1, 0.15) is 23.4 Å². The van der Waals surface area contributed by atoms with Crippen LogP contribution in [0.3, 0.4) is 0 Å². The molecule has 3 aromatic rings. The van der Waals surface area contributed by atoms with Crippen LogP contribution >= 0.6 is 0 Å². The van der Waals surface area contributed by atoms with Gasteiger partial charge in [-0.3, -0.25) is 9.59 Å². The van der Waals surface area contributed by atoms with Gasteiger partial charge in [-0.15, -0.1) is 0 Å². The Bertz CT molecular complexity index is 1040. The zero-order valence-electron chi connectivity index (χ0n) is 18.7. The first-order chi connectivity index (χ1) is 15.5. The van der Waals surface area contributed by atoms with Crippen molar-refractivity contribution in [2.75, 3.05) is 13.7 Å². The summed E-state index contributed by atoms with van der Waals surface area (Å²) in [6.45, 7) is 2.67. The highest BCUT2D eigenvalue weighted by Gasteiger charge is 2.24. The lowest BCUT2D eigenvalue weighted by Crippen LogP contribution is -2.31. The van der Waals surface area contributed by atoms with Crippen LogP contribution in [0.25, 0.3) is 0 Å². The molecule has 0 aliphatic rings. The number of rotatable bonds is 11. The van der Waals surface area contributed by atoms with Crippen molar-refractivity contribution in [1.29, 1.82) is 0 Å². The van der Waals surface area contributed by atoms with Crippen LogP contribution in [0.2, 0.25) is 0 Å². The summed E-state index contributed by atoms with van der Waals surface area (Å²) in [6, 6.07) is 14.0. The van der Waals surface area contributed by atoms with Crippen molar-refractivity contribution in [1.82, 2.24) is 14.9 Å². The van der Waals surface area contributed by atoms with E-state index >= 15 is 0 Å². The third kappa shape index (κ3) is 5.75. The number of carbonyl (C=O) groups excluding carboxylic acids is 2. The van der Waals surface area contributed by atoms with Crippen LogP contribution < -0.4 is 14.8 Å².